The first-order valence-corrected chi connectivity index (χ1v) is 4.82. The van der Waals surface area contributed by atoms with Crippen molar-refractivity contribution in [3.63, 3.8) is 0 Å². The van der Waals surface area contributed by atoms with E-state index in [2.05, 4.69) is 29.1 Å². The fourth-order valence-corrected chi connectivity index (χ4v) is 1.45. The van der Waals surface area contributed by atoms with Gasteiger partial charge in [0.2, 0.25) is 0 Å². The van der Waals surface area contributed by atoms with Crippen molar-refractivity contribution in [1.29, 1.82) is 0 Å². The molecule has 1 heterocycles. The maximum atomic E-state index is 4.32. The van der Waals surface area contributed by atoms with Crippen molar-refractivity contribution in [2.24, 2.45) is 5.92 Å². The Hall–Kier alpha value is -0.830. The normalized spacial score (nSPS) is 13.6. The average molecular weight is 181 g/mol. The molecule has 1 rings (SSSR count). The van der Waals surface area contributed by atoms with E-state index >= 15 is 0 Å². The van der Waals surface area contributed by atoms with Gasteiger partial charge >= 0.3 is 0 Å². The first-order valence-electron chi connectivity index (χ1n) is 4.82. The van der Waals surface area contributed by atoms with Crippen molar-refractivity contribution < 1.29 is 0 Å². The predicted octanol–water partition coefficient (Wildman–Crippen LogP) is 2.02. The Labute approximate surface area is 80.0 Å². The zero-order valence-corrected chi connectivity index (χ0v) is 8.89. The SMILES string of the molecule is CNC(CC(C)C)c1ncc(C)[nH]1. The van der Waals surface area contributed by atoms with Gasteiger partial charge in [-0.2, -0.15) is 0 Å². The predicted molar refractivity (Wildman–Crippen MR) is 54.6 cm³/mol. The standard InChI is InChI=1S/C10H19N3/c1-7(2)5-9(11-4)10-12-6-8(3)13-10/h6-7,9,11H,5H2,1-4H3,(H,12,13). The minimum Gasteiger partial charge on any atom is -0.345 e. The van der Waals surface area contributed by atoms with Gasteiger partial charge in [0.1, 0.15) is 5.82 Å². The highest BCUT2D eigenvalue weighted by molar-refractivity contribution is 5.02. The van der Waals surface area contributed by atoms with Gasteiger partial charge in [-0.15, -0.1) is 0 Å². The van der Waals surface area contributed by atoms with Gasteiger partial charge in [0.05, 0.1) is 6.04 Å². The molecule has 0 aromatic carbocycles. The topological polar surface area (TPSA) is 40.7 Å². The second-order valence-corrected chi connectivity index (χ2v) is 3.92. The van der Waals surface area contributed by atoms with Crippen LogP contribution in [0.2, 0.25) is 0 Å². The highest BCUT2D eigenvalue weighted by Gasteiger charge is 2.13. The van der Waals surface area contributed by atoms with E-state index in [1.807, 2.05) is 20.2 Å². The van der Waals surface area contributed by atoms with Gasteiger partial charge in [-0.05, 0) is 26.3 Å². The Balaban J connectivity index is 2.66. The fourth-order valence-electron chi connectivity index (χ4n) is 1.45. The lowest BCUT2D eigenvalue weighted by atomic mass is 10.0. The summed E-state index contributed by atoms with van der Waals surface area (Å²) in [5.74, 6) is 1.73. The van der Waals surface area contributed by atoms with Gasteiger partial charge in [-0.3, -0.25) is 0 Å². The van der Waals surface area contributed by atoms with E-state index in [0.717, 1.165) is 17.9 Å². The van der Waals surface area contributed by atoms with Crippen LogP contribution in [0, 0.1) is 12.8 Å². The molecular weight excluding hydrogens is 162 g/mol. The lowest BCUT2D eigenvalue weighted by Crippen LogP contribution is -2.19. The van der Waals surface area contributed by atoms with Gasteiger partial charge in [0.15, 0.2) is 0 Å². The Morgan fingerprint density at radius 3 is 2.62 bits per heavy atom. The third kappa shape index (κ3) is 2.84. The number of hydrogen-bond acceptors (Lipinski definition) is 2. The van der Waals surface area contributed by atoms with Crippen molar-refractivity contribution in [2.75, 3.05) is 7.05 Å². The maximum absolute atomic E-state index is 4.32. The monoisotopic (exact) mass is 181 g/mol. The lowest BCUT2D eigenvalue weighted by molar-refractivity contribution is 0.442. The molecule has 1 aromatic rings. The molecular formula is C10H19N3. The van der Waals surface area contributed by atoms with Crippen molar-refractivity contribution in [3.05, 3.63) is 17.7 Å². The van der Waals surface area contributed by atoms with E-state index < -0.39 is 0 Å². The zero-order chi connectivity index (χ0) is 9.84. The molecule has 0 aliphatic heterocycles. The molecule has 0 saturated carbocycles. The van der Waals surface area contributed by atoms with Crippen LogP contribution >= 0.6 is 0 Å². The summed E-state index contributed by atoms with van der Waals surface area (Å²) >= 11 is 0. The molecule has 2 N–H and O–H groups in total. The molecule has 3 nitrogen and oxygen atoms in total. The Morgan fingerprint density at radius 2 is 2.23 bits per heavy atom. The van der Waals surface area contributed by atoms with E-state index in [9.17, 15) is 0 Å². The first kappa shape index (κ1) is 10.3. The number of aromatic nitrogens is 2. The summed E-state index contributed by atoms with van der Waals surface area (Å²) in [6.45, 7) is 6.47. The highest BCUT2D eigenvalue weighted by Crippen LogP contribution is 2.17. The summed E-state index contributed by atoms with van der Waals surface area (Å²) in [6, 6.07) is 0.355. The number of nitrogens with zero attached hydrogens (tertiary/aromatic N) is 1. The quantitative estimate of drug-likeness (QED) is 0.746. The van der Waals surface area contributed by atoms with Crippen LogP contribution in [0.15, 0.2) is 6.20 Å². The molecule has 0 spiro atoms. The van der Waals surface area contributed by atoms with E-state index in [1.54, 1.807) is 0 Å². The number of aryl methyl sites for hydroxylation is 1. The van der Waals surface area contributed by atoms with Crippen LogP contribution in [0.1, 0.15) is 37.8 Å². The summed E-state index contributed by atoms with van der Waals surface area (Å²) in [5.41, 5.74) is 1.12. The van der Waals surface area contributed by atoms with Crippen LogP contribution in [0.25, 0.3) is 0 Å². The third-order valence-corrected chi connectivity index (χ3v) is 2.11. The average Bonchev–Trinajstić information content (AvgIpc) is 2.47. The largest absolute Gasteiger partial charge is 0.345 e. The summed E-state index contributed by atoms with van der Waals surface area (Å²) in [7, 11) is 1.98. The van der Waals surface area contributed by atoms with Gasteiger partial charge < -0.3 is 10.3 Å². The molecule has 1 atom stereocenters. The minimum atomic E-state index is 0.355. The number of rotatable bonds is 4. The molecule has 0 fully saturated rings. The smallest absolute Gasteiger partial charge is 0.123 e. The molecule has 74 valence electrons. The van der Waals surface area contributed by atoms with Crippen LogP contribution in [0.5, 0.6) is 0 Å². The summed E-state index contributed by atoms with van der Waals surface area (Å²) in [6.07, 6.45) is 2.99. The van der Waals surface area contributed by atoms with E-state index in [1.165, 1.54) is 0 Å². The summed E-state index contributed by atoms with van der Waals surface area (Å²) < 4.78 is 0. The first-order chi connectivity index (χ1) is 6.13. The molecule has 13 heavy (non-hydrogen) atoms. The molecule has 1 unspecified atom stereocenters. The lowest BCUT2D eigenvalue weighted by Gasteiger charge is -2.15. The molecule has 1 aromatic heterocycles. The number of imidazole rings is 1. The summed E-state index contributed by atoms with van der Waals surface area (Å²) in [5, 5.41) is 3.27. The van der Waals surface area contributed by atoms with E-state index in [0.29, 0.717) is 12.0 Å². The van der Waals surface area contributed by atoms with Gasteiger partial charge in [0, 0.05) is 11.9 Å². The molecule has 0 aliphatic rings. The number of hydrogen-bond donors (Lipinski definition) is 2. The number of H-pyrrole nitrogens is 1. The van der Waals surface area contributed by atoms with Crippen LogP contribution in [0.4, 0.5) is 0 Å². The zero-order valence-electron chi connectivity index (χ0n) is 8.89. The van der Waals surface area contributed by atoms with Gasteiger partial charge in [-0.25, -0.2) is 4.98 Å². The van der Waals surface area contributed by atoms with Crippen LogP contribution in [0.3, 0.4) is 0 Å². The number of aromatic amines is 1. The van der Waals surface area contributed by atoms with Crippen LogP contribution in [-0.2, 0) is 0 Å². The van der Waals surface area contributed by atoms with Crippen molar-refractivity contribution in [3.8, 4) is 0 Å². The molecule has 0 amide bonds. The van der Waals surface area contributed by atoms with Crippen LogP contribution < -0.4 is 5.32 Å². The highest BCUT2D eigenvalue weighted by atomic mass is 15.0. The van der Waals surface area contributed by atoms with Gasteiger partial charge in [0.25, 0.3) is 0 Å². The Morgan fingerprint density at radius 1 is 1.54 bits per heavy atom. The molecule has 3 heteroatoms. The summed E-state index contributed by atoms with van der Waals surface area (Å²) in [4.78, 5) is 7.58. The molecule has 0 saturated heterocycles. The third-order valence-electron chi connectivity index (χ3n) is 2.11. The Bertz CT molecular complexity index is 252. The van der Waals surface area contributed by atoms with Crippen LogP contribution in [-0.4, -0.2) is 17.0 Å². The number of nitrogens with one attached hydrogen (secondary N) is 2. The molecule has 0 bridgehead atoms. The van der Waals surface area contributed by atoms with E-state index in [4.69, 9.17) is 0 Å². The molecule has 0 aliphatic carbocycles. The van der Waals surface area contributed by atoms with Gasteiger partial charge in [-0.1, -0.05) is 13.8 Å². The van der Waals surface area contributed by atoms with Crippen molar-refractivity contribution in [2.45, 2.75) is 33.2 Å². The fraction of sp³-hybridized carbons (Fsp3) is 0.700. The maximum Gasteiger partial charge on any atom is 0.123 e. The van der Waals surface area contributed by atoms with Crippen molar-refractivity contribution >= 4 is 0 Å². The molecule has 0 radical (unpaired) electrons. The second kappa shape index (κ2) is 4.42. The second-order valence-electron chi connectivity index (χ2n) is 3.92. The van der Waals surface area contributed by atoms with E-state index in [-0.39, 0.29) is 0 Å². The minimum absolute atomic E-state index is 0.355. The van der Waals surface area contributed by atoms with Crippen molar-refractivity contribution in [1.82, 2.24) is 15.3 Å². The Kier molecular flexibility index (Phi) is 3.48.